The van der Waals surface area contributed by atoms with E-state index in [1.54, 1.807) is 27.8 Å². The Morgan fingerprint density at radius 3 is 2.00 bits per heavy atom. The molecule has 1 aromatic carbocycles. The minimum Gasteiger partial charge on any atom is -0.459 e. The highest BCUT2D eigenvalue weighted by Gasteiger charge is 2.40. The largest absolute Gasteiger partial charge is 0.459 e. The molecule has 0 aliphatic carbocycles. The molecule has 4 rings (SSSR count). The third-order valence-electron chi connectivity index (χ3n) is 7.37. The summed E-state index contributed by atoms with van der Waals surface area (Å²) in [5, 5.41) is 0.943. The number of rotatable bonds is 6. The molecule has 204 valence electrons. The Morgan fingerprint density at radius 2 is 1.49 bits per heavy atom. The Morgan fingerprint density at radius 1 is 0.973 bits per heavy atom. The van der Waals surface area contributed by atoms with Gasteiger partial charge in [0.25, 0.3) is 0 Å². The molecule has 6 nitrogen and oxygen atoms in total. The van der Waals surface area contributed by atoms with Crippen LogP contribution in [-0.2, 0) is 4.74 Å². The molecule has 3 heterocycles. The maximum Gasteiger partial charge on any atom is 0.340 e. The lowest BCUT2D eigenvalue weighted by molar-refractivity contribution is -0.000261. The molecule has 1 aromatic heterocycles. The number of aromatic amines is 1. The van der Waals surface area contributed by atoms with Crippen LogP contribution < -0.4 is 0 Å². The first-order valence-electron chi connectivity index (χ1n) is 13.2. The van der Waals surface area contributed by atoms with Crippen molar-refractivity contribution in [3.05, 3.63) is 36.0 Å². The summed E-state index contributed by atoms with van der Waals surface area (Å²) in [7, 11) is 5.38. The molecule has 2 aliphatic heterocycles. The fourth-order valence-corrected chi connectivity index (χ4v) is 8.11. The zero-order valence-corrected chi connectivity index (χ0v) is 25.8. The number of fused-ring (bicyclic) bond motifs is 3. The summed E-state index contributed by atoms with van der Waals surface area (Å²) in [5.74, 6) is -0.193. The van der Waals surface area contributed by atoms with Crippen LogP contribution in [0.2, 0.25) is 0 Å². The topological polar surface area (TPSA) is 51.8 Å². The Kier molecular flexibility index (Phi) is 12.0. The van der Waals surface area contributed by atoms with E-state index in [4.69, 9.17) is 29.2 Å². The molecular weight excluding hydrogens is 541 g/mol. The summed E-state index contributed by atoms with van der Waals surface area (Å²) in [4.78, 5) is 22.4. The van der Waals surface area contributed by atoms with Crippen molar-refractivity contribution in [3.63, 3.8) is 0 Å². The average molecular weight is 581 g/mol. The van der Waals surface area contributed by atoms with Crippen molar-refractivity contribution in [2.45, 2.75) is 71.6 Å². The number of hydrogen-bond acceptors (Lipinski definition) is 7. The molecule has 37 heavy (non-hydrogen) atoms. The van der Waals surface area contributed by atoms with Crippen molar-refractivity contribution in [1.29, 1.82) is 0 Å². The van der Waals surface area contributed by atoms with Crippen LogP contribution in [0.5, 0.6) is 0 Å². The number of piperidine rings is 1. The molecule has 1 N–H and O–H groups in total. The number of aromatic nitrogens is 1. The van der Waals surface area contributed by atoms with E-state index in [9.17, 15) is 4.79 Å². The van der Waals surface area contributed by atoms with Gasteiger partial charge in [0.1, 0.15) is 14.7 Å². The van der Waals surface area contributed by atoms with Crippen LogP contribution in [0.1, 0.15) is 63.7 Å². The van der Waals surface area contributed by atoms with Gasteiger partial charge < -0.3 is 24.4 Å². The lowest BCUT2D eigenvalue weighted by Crippen LogP contribution is -2.43. The molecule has 2 saturated heterocycles. The maximum absolute atomic E-state index is 12.4. The minimum absolute atomic E-state index is 0.0693. The third-order valence-corrected chi connectivity index (χ3v) is 11.1. The standard InChI is InChI=1S/C17H20N2O2.C10H20N2S4/c1-19-11-6-7-12(19)9-13(8-11)21-17(20)15-10-18-16-5-3-2-4-14(15)16;1-5-11(6-2)9(13)15-16-10(14)12(7-3)8-4/h2-5,10-13,18H,6-9H2,1H3;5-8H2,1-4H3/t11-,12+,13+;. The zero-order valence-electron chi connectivity index (χ0n) is 22.6. The van der Waals surface area contributed by atoms with Gasteiger partial charge in [-0.1, -0.05) is 42.6 Å². The summed E-state index contributed by atoms with van der Waals surface area (Å²) >= 11 is 10.7. The van der Waals surface area contributed by atoms with Crippen molar-refractivity contribution < 1.29 is 9.53 Å². The molecule has 0 saturated carbocycles. The lowest BCUT2D eigenvalue weighted by Gasteiger charge is -2.35. The van der Waals surface area contributed by atoms with Crippen molar-refractivity contribution in [1.82, 2.24) is 19.7 Å². The molecule has 2 bridgehead atoms. The summed E-state index contributed by atoms with van der Waals surface area (Å²) in [6, 6.07) is 9.02. The van der Waals surface area contributed by atoms with Crippen molar-refractivity contribution in [2.24, 2.45) is 0 Å². The zero-order chi connectivity index (χ0) is 26.9. The molecule has 2 aromatic rings. The highest BCUT2D eigenvalue weighted by atomic mass is 33.1. The molecule has 3 atom stereocenters. The molecule has 0 radical (unpaired) electrons. The molecule has 10 heteroatoms. The molecule has 0 unspecified atom stereocenters. The number of benzene rings is 1. The predicted octanol–water partition coefficient (Wildman–Crippen LogP) is 6.57. The van der Waals surface area contributed by atoms with Crippen LogP contribution in [0.25, 0.3) is 10.9 Å². The van der Waals surface area contributed by atoms with Gasteiger partial charge in [-0.15, -0.1) is 0 Å². The second-order valence-corrected chi connectivity index (χ2v) is 12.7. The third kappa shape index (κ3) is 7.85. The smallest absolute Gasteiger partial charge is 0.340 e. The number of nitrogens with zero attached hydrogens (tertiary/aromatic N) is 3. The van der Waals surface area contributed by atoms with Gasteiger partial charge in [-0.05, 0) is 75.2 Å². The van der Waals surface area contributed by atoms with Crippen LogP contribution in [-0.4, -0.2) is 85.7 Å². The van der Waals surface area contributed by atoms with Gasteiger partial charge in [0, 0.05) is 68.2 Å². The SMILES string of the molecule is CCN(CC)C(=S)SSC(=S)N(CC)CC.CN1[C@@H]2CC[C@H]1C[C@@H](OC(=O)c1c[nH]c3ccccc13)C2. The van der Waals surface area contributed by atoms with Gasteiger partial charge in [0.2, 0.25) is 0 Å². The molecule has 2 aliphatic rings. The molecule has 0 amide bonds. The summed E-state index contributed by atoms with van der Waals surface area (Å²) in [6.45, 7) is 12.3. The van der Waals surface area contributed by atoms with E-state index in [0.29, 0.717) is 17.6 Å². The fraction of sp³-hybridized carbons (Fsp3) is 0.593. The number of carbonyl (C=O) groups excluding carboxylic acids is 1. The van der Waals surface area contributed by atoms with Crippen LogP contribution in [0.4, 0.5) is 0 Å². The van der Waals surface area contributed by atoms with Gasteiger partial charge in [-0.2, -0.15) is 0 Å². The highest BCUT2D eigenvalue weighted by Crippen LogP contribution is 2.36. The van der Waals surface area contributed by atoms with E-state index < -0.39 is 0 Å². The second-order valence-electron chi connectivity index (χ2n) is 9.34. The molecule has 0 spiro atoms. The monoisotopic (exact) mass is 580 g/mol. The second kappa shape index (κ2) is 14.7. The number of para-hydroxylation sites is 1. The number of thiocarbonyl (C=S) groups is 2. The van der Waals surface area contributed by atoms with Crippen LogP contribution in [0.15, 0.2) is 30.5 Å². The summed E-state index contributed by atoms with van der Waals surface area (Å²) < 4.78 is 7.63. The Hall–Kier alpha value is -1.33. The van der Waals surface area contributed by atoms with E-state index >= 15 is 0 Å². The van der Waals surface area contributed by atoms with Gasteiger partial charge in [-0.25, -0.2) is 4.79 Å². The molecular formula is C27H40N4O2S4. The van der Waals surface area contributed by atoms with Gasteiger partial charge >= 0.3 is 5.97 Å². The van der Waals surface area contributed by atoms with Crippen LogP contribution >= 0.6 is 46.0 Å². The van der Waals surface area contributed by atoms with Crippen LogP contribution in [0.3, 0.4) is 0 Å². The number of esters is 1. The van der Waals surface area contributed by atoms with E-state index in [-0.39, 0.29) is 12.1 Å². The number of H-pyrrole nitrogens is 1. The Labute approximate surface area is 240 Å². The van der Waals surface area contributed by atoms with Crippen molar-refractivity contribution >= 4 is 71.5 Å². The van der Waals surface area contributed by atoms with Gasteiger partial charge in [-0.3, -0.25) is 0 Å². The average Bonchev–Trinajstić information content (AvgIpc) is 3.41. The van der Waals surface area contributed by atoms with Gasteiger partial charge in [0.15, 0.2) is 0 Å². The van der Waals surface area contributed by atoms with Gasteiger partial charge in [0.05, 0.1) is 5.56 Å². The summed E-state index contributed by atoms with van der Waals surface area (Å²) in [6.07, 6.45) is 6.25. The van der Waals surface area contributed by atoms with E-state index in [1.165, 1.54) is 12.8 Å². The maximum atomic E-state index is 12.4. The summed E-state index contributed by atoms with van der Waals surface area (Å²) in [5.41, 5.74) is 1.63. The van der Waals surface area contributed by atoms with Crippen LogP contribution in [0, 0.1) is 0 Å². The van der Waals surface area contributed by atoms with E-state index in [0.717, 1.165) is 58.6 Å². The van der Waals surface area contributed by atoms with Crippen molar-refractivity contribution in [3.8, 4) is 0 Å². The number of nitrogens with one attached hydrogen (secondary N) is 1. The fourth-order valence-electron chi connectivity index (χ4n) is 5.05. The predicted molar refractivity (Wildman–Crippen MR) is 168 cm³/mol. The number of carbonyl (C=O) groups is 1. The quantitative estimate of drug-likeness (QED) is 0.232. The van der Waals surface area contributed by atoms with E-state index in [1.807, 2.05) is 24.3 Å². The Bertz CT molecular complexity index is 1020. The van der Waals surface area contributed by atoms with Crippen molar-refractivity contribution in [2.75, 3.05) is 33.2 Å². The van der Waals surface area contributed by atoms with E-state index in [2.05, 4.69) is 54.4 Å². The first-order chi connectivity index (χ1) is 17.8. The first kappa shape index (κ1) is 30.2. The lowest BCUT2D eigenvalue weighted by atomic mass is 10.0. The highest BCUT2D eigenvalue weighted by molar-refractivity contribution is 8.89. The molecule has 2 fully saturated rings. The normalized spacial score (nSPS) is 20.7. The first-order valence-corrected chi connectivity index (χ1v) is 16.2. The Balaban J connectivity index is 0.000000216. The minimum atomic E-state index is -0.193. The number of hydrogen-bond donors (Lipinski definition) is 1. The number of ether oxygens (including phenoxy) is 1.